The van der Waals surface area contributed by atoms with Crippen LogP contribution in [0.15, 0.2) is 12.3 Å². The number of rotatable bonds is 0. The van der Waals surface area contributed by atoms with Gasteiger partial charge in [0.1, 0.15) is 0 Å². The first-order valence-electron chi connectivity index (χ1n) is 3.68. The summed E-state index contributed by atoms with van der Waals surface area (Å²) in [6.07, 6.45) is 2.64. The van der Waals surface area contributed by atoms with E-state index in [-0.39, 0.29) is 0 Å². The Morgan fingerprint density at radius 3 is 3.27 bits per heavy atom. The van der Waals surface area contributed by atoms with E-state index in [1.54, 1.807) is 6.20 Å². The van der Waals surface area contributed by atoms with E-state index in [4.69, 9.17) is 10.5 Å². The number of ether oxygens (including phenoxy) is 1. The number of pyridine rings is 1. The highest BCUT2D eigenvalue weighted by Crippen LogP contribution is 2.19. The van der Waals surface area contributed by atoms with Crippen LogP contribution in [0.3, 0.4) is 0 Å². The van der Waals surface area contributed by atoms with Gasteiger partial charge in [0, 0.05) is 23.9 Å². The molecule has 0 radical (unpaired) electrons. The molecule has 58 valence electrons. The smallest absolute Gasteiger partial charge is 0.0755 e. The van der Waals surface area contributed by atoms with Crippen LogP contribution in [0, 0.1) is 0 Å². The van der Waals surface area contributed by atoms with Crippen molar-refractivity contribution in [2.45, 2.75) is 13.0 Å². The predicted molar refractivity (Wildman–Crippen MR) is 42.0 cm³/mol. The Morgan fingerprint density at radius 1 is 1.55 bits per heavy atom. The second-order valence-electron chi connectivity index (χ2n) is 2.63. The van der Waals surface area contributed by atoms with Crippen LogP contribution in [0.25, 0.3) is 0 Å². The lowest BCUT2D eigenvalue weighted by Crippen LogP contribution is -2.13. The highest BCUT2D eigenvalue weighted by atomic mass is 16.5. The lowest BCUT2D eigenvalue weighted by molar-refractivity contribution is 0.110. The van der Waals surface area contributed by atoms with Crippen LogP contribution in [0.4, 0.5) is 5.69 Å². The van der Waals surface area contributed by atoms with Crippen LogP contribution < -0.4 is 5.73 Å². The molecule has 0 unspecified atom stereocenters. The van der Waals surface area contributed by atoms with Gasteiger partial charge >= 0.3 is 0 Å². The maximum atomic E-state index is 5.72. The van der Waals surface area contributed by atoms with Crippen molar-refractivity contribution in [2.24, 2.45) is 0 Å². The molecule has 2 heterocycles. The van der Waals surface area contributed by atoms with E-state index in [2.05, 4.69) is 4.98 Å². The highest BCUT2D eigenvalue weighted by molar-refractivity contribution is 5.48. The van der Waals surface area contributed by atoms with E-state index >= 15 is 0 Å². The predicted octanol–water partition coefficient (Wildman–Crippen LogP) is 0.737. The van der Waals surface area contributed by atoms with Gasteiger partial charge in [0.25, 0.3) is 0 Å². The van der Waals surface area contributed by atoms with Crippen LogP contribution in [0.1, 0.15) is 11.3 Å². The minimum absolute atomic E-state index is 0.620. The van der Waals surface area contributed by atoms with Gasteiger partial charge in [-0.1, -0.05) is 0 Å². The first kappa shape index (κ1) is 6.61. The van der Waals surface area contributed by atoms with E-state index in [9.17, 15) is 0 Å². The third-order valence-corrected chi connectivity index (χ3v) is 1.91. The van der Waals surface area contributed by atoms with Gasteiger partial charge in [0.15, 0.2) is 0 Å². The molecule has 0 atom stereocenters. The normalized spacial score (nSPS) is 16.0. The number of nitrogen functional groups attached to an aromatic ring is 1. The Kier molecular flexibility index (Phi) is 1.51. The second kappa shape index (κ2) is 2.51. The molecule has 2 N–H and O–H groups in total. The Morgan fingerprint density at radius 2 is 2.45 bits per heavy atom. The zero-order valence-corrected chi connectivity index (χ0v) is 6.21. The maximum absolute atomic E-state index is 5.72. The van der Waals surface area contributed by atoms with E-state index < -0.39 is 0 Å². The standard InChI is InChI=1S/C8H10N2O/c9-7-1-3-10-8-2-4-11-5-6(7)8/h1,3H,2,4-5H2,(H2,9,10). The molecule has 0 saturated carbocycles. The van der Waals surface area contributed by atoms with Crippen LogP contribution in [-0.4, -0.2) is 11.6 Å². The van der Waals surface area contributed by atoms with Gasteiger partial charge in [-0.2, -0.15) is 0 Å². The summed E-state index contributed by atoms with van der Waals surface area (Å²) < 4.78 is 5.26. The topological polar surface area (TPSA) is 48.1 Å². The summed E-state index contributed by atoms with van der Waals surface area (Å²) in [5, 5.41) is 0. The van der Waals surface area contributed by atoms with E-state index in [0.29, 0.717) is 6.61 Å². The van der Waals surface area contributed by atoms with Crippen molar-refractivity contribution >= 4 is 5.69 Å². The van der Waals surface area contributed by atoms with Crippen molar-refractivity contribution in [2.75, 3.05) is 12.3 Å². The van der Waals surface area contributed by atoms with Crippen molar-refractivity contribution in [1.82, 2.24) is 4.98 Å². The zero-order valence-electron chi connectivity index (χ0n) is 6.21. The molecule has 1 aromatic heterocycles. The summed E-state index contributed by atoms with van der Waals surface area (Å²) in [6.45, 7) is 1.39. The summed E-state index contributed by atoms with van der Waals surface area (Å²) in [4.78, 5) is 4.22. The number of fused-ring (bicyclic) bond motifs is 1. The average molecular weight is 150 g/mol. The van der Waals surface area contributed by atoms with E-state index in [1.807, 2.05) is 6.07 Å². The number of hydrogen-bond donors (Lipinski definition) is 1. The first-order chi connectivity index (χ1) is 5.38. The fourth-order valence-corrected chi connectivity index (χ4v) is 1.28. The first-order valence-corrected chi connectivity index (χ1v) is 3.68. The Hall–Kier alpha value is -1.09. The minimum atomic E-state index is 0.620. The van der Waals surface area contributed by atoms with E-state index in [1.165, 1.54) is 0 Å². The summed E-state index contributed by atoms with van der Waals surface area (Å²) in [5.74, 6) is 0. The molecule has 3 heteroatoms. The molecule has 0 aliphatic carbocycles. The second-order valence-corrected chi connectivity index (χ2v) is 2.63. The van der Waals surface area contributed by atoms with Gasteiger partial charge in [-0.25, -0.2) is 0 Å². The van der Waals surface area contributed by atoms with Crippen LogP contribution >= 0.6 is 0 Å². The number of aromatic nitrogens is 1. The molecule has 3 nitrogen and oxygen atoms in total. The fourth-order valence-electron chi connectivity index (χ4n) is 1.28. The Labute approximate surface area is 65.2 Å². The lowest BCUT2D eigenvalue weighted by Gasteiger charge is -2.16. The maximum Gasteiger partial charge on any atom is 0.0755 e. The van der Waals surface area contributed by atoms with Crippen molar-refractivity contribution in [1.29, 1.82) is 0 Å². The van der Waals surface area contributed by atoms with Gasteiger partial charge in [0.05, 0.1) is 18.9 Å². The number of hydrogen-bond acceptors (Lipinski definition) is 3. The van der Waals surface area contributed by atoms with Crippen molar-refractivity contribution < 1.29 is 4.74 Å². The van der Waals surface area contributed by atoms with Gasteiger partial charge in [-0.15, -0.1) is 0 Å². The number of nitrogens with zero attached hydrogens (tertiary/aromatic N) is 1. The molecule has 0 spiro atoms. The van der Waals surface area contributed by atoms with Crippen molar-refractivity contribution in [3.63, 3.8) is 0 Å². The van der Waals surface area contributed by atoms with Gasteiger partial charge in [-0.3, -0.25) is 4.98 Å². The molecular weight excluding hydrogens is 140 g/mol. The van der Waals surface area contributed by atoms with Crippen molar-refractivity contribution in [3.8, 4) is 0 Å². The molecule has 0 saturated heterocycles. The number of anilines is 1. The van der Waals surface area contributed by atoms with Crippen LogP contribution in [-0.2, 0) is 17.8 Å². The molecular formula is C8H10N2O. The quantitative estimate of drug-likeness (QED) is 0.593. The summed E-state index contributed by atoms with van der Waals surface area (Å²) >= 11 is 0. The largest absolute Gasteiger partial charge is 0.398 e. The van der Waals surface area contributed by atoms with E-state index in [0.717, 1.165) is 30.0 Å². The monoisotopic (exact) mass is 150 g/mol. The molecule has 1 aliphatic heterocycles. The third-order valence-electron chi connectivity index (χ3n) is 1.91. The third kappa shape index (κ3) is 1.07. The Balaban J connectivity index is 2.49. The molecule has 0 bridgehead atoms. The minimum Gasteiger partial charge on any atom is -0.398 e. The molecule has 1 aromatic rings. The summed E-state index contributed by atoms with van der Waals surface area (Å²) in [7, 11) is 0. The highest BCUT2D eigenvalue weighted by Gasteiger charge is 2.11. The average Bonchev–Trinajstić information content (AvgIpc) is 2.06. The molecule has 0 aromatic carbocycles. The molecule has 0 fully saturated rings. The fraction of sp³-hybridized carbons (Fsp3) is 0.375. The van der Waals surface area contributed by atoms with Gasteiger partial charge < -0.3 is 10.5 Å². The van der Waals surface area contributed by atoms with Crippen LogP contribution in [0.5, 0.6) is 0 Å². The molecule has 1 aliphatic rings. The molecule has 0 amide bonds. The zero-order chi connectivity index (χ0) is 7.68. The lowest BCUT2D eigenvalue weighted by atomic mass is 10.1. The summed E-state index contributed by atoms with van der Waals surface area (Å²) in [5.41, 5.74) is 8.68. The van der Waals surface area contributed by atoms with Crippen molar-refractivity contribution in [3.05, 3.63) is 23.5 Å². The van der Waals surface area contributed by atoms with Crippen LogP contribution in [0.2, 0.25) is 0 Å². The molecule has 11 heavy (non-hydrogen) atoms. The Bertz CT molecular complexity index is 273. The molecule has 2 rings (SSSR count). The van der Waals surface area contributed by atoms with Gasteiger partial charge in [0.2, 0.25) is 0 Å². The summed E-state index contributed by atoms with van der Waals surface area (Å²) in [6, 6.07) is 1.81. The SMILES string of the molecule is Nc1ccnc2c1COCC2. The van der Waals surface area contributed by atoms with Gasteiger partial charge in [-0.05, 0) is 6.07 Å². The number of nitrogens with two attached hydrogens (primary N) is 1.